The molecule has 1 heterocycles. The summed E-state index contributed by atoms with van der Waals surface area (Å²) in [5.74, 6) is 1.06. The number of carbonyl (C=O) groups is 2. The summed E-state index contributed by atoms with van der Waals surface area (Å²) in [4.78, 5) is 24.3. The monoisotopic (exact) mass is 311 g/mol. The number of anilines is 2. The van der Waals surface area contributed by atoms with E-state index in [9.17, 15) is 9.59 Å². The maximum Gasteiger partial charge on any atom is 0.241 e. The van der Waals surface area contributed by atoms with Crippen molar-refractivity contribution in [2.45, 2.75) is 17.4 Å². The first kappa shape index (κ1) is 15.2. The number of hydrogen-bond acceptors (Lipinski definition) is 5. The van der Waals surface area contributed by atoms with E-state index >= 15 is 0 Å². The molecule has 0 aromatic heterocycles. The van der Waals surface area contributed by atoms with E-state index in [0.29, 0.717) is 17.9 Å². The number of fused-ring (bicyclic) bond motifs is 1. The number of rotatable bonds is 5. The molecule has 0 unspecified atom stereocenters. The van der Waals surface area contributed by atoms with Gasteiger partial charge in [-0.15, -0.1) is 11.8 Å². The number of nitrogens with one attached hydrogen (secondary N) is 2. The van der Waals surface area contributed by atoms with Crippen molar-refractivity contribution in [3.05, 3.63) is 18.2 Å². The summed E-state index contributed by atoms with van der Waals surface area (Å²) in [6.07, 6.45) is 2.62. The van der Waals surface area contributed by atoms with E-state index in [1.165, 1.54) is 11.8 Å². The van der Waals surface area contributed by atoms with E-state index in [1.807, 2.05) is 18.4 Å². The summed E-state index contributed by atoms with van der Waals surface area (Å²) in [6, 6.07) is 4.96. The van der Waals surface area contributed by atoms with Crippen LogP contribution in [0.15, 0.2) is 23.1 Å². The Morgan fingerprint density at radius 2 is 2.40 bits per heavy atom. The molecule has 1 aromatic rings. The molecule has 0 fully saturated rings. The Labute approximate surface area is 126 Å². The van der Waals surface area contributed by atoms with Crippen LogP contribution in [0.3, 0.4) is 0 Å². The van der Waals surface area contributed by atoms with E-state index in [1.54, 1.807) is 17.8 Å². The van der Waals surface area contributed by atoms with Gasteiger partial charge in [-0.1, -0.05) is 0 Å². The van der Waals surface area contributed by atoms with Crippen LogP contribution in [0.1, 0.15) is 6.42 Å². The van der Waals surface area contributed by atoms with Gasteiger partial charge in [-0.05, 0) is 36.6 Å². The number of thioether (sulfide) groups is 2. The lowest BCUT2D eigenvalue weighted by molar-refractivity contribution is -0.117. The number of carbonyl (C=O) groups excluding carboxylic acids is 2. The fourth-order valence-corrected chi connectivity index (χ4v) is 3.05. The van der Waals surface area contributed by atoms with Crippen molar-refractivity contribution in [2.75, 3.05) is 28.4 Å². The highest BCUT2D eigenvalue weighted by atomic mass is 32.2. The minimum Gasteiger partial charge on any atom is -0.325 e. The summed E-state index contributed by atoms with van der Waals surface area (Å²) < 4.78 is 0. The van der Waals surface area contributed by atoms with Gasteiger partial charge in [0.1, 0.15) is 0 Å². The predicted octanol–water partition coefficient (Wildman–Crippen LogP) is 1.75. The lowest BCUT2D eigenvalue weighted by Gasteiger charge is -2.18. The zero-order valence-corrected chi connectivity index (χ0v) is 12.8. The van der Waals surface area contributed by atoms with Crippen molar-refractivity contribution in [2.24, 2.45) is 5.73 Å². The van der Waals surface area contributed by atoms with Crippen molar-refractivity contribution in [1.82, 2.24) is 0 Å². The molecule has 1 atom stereocenters. The van der Waals surface area contributed by atoms with Crippen LogP contribution in [0.25, 0.3) is 0 Å². The van der Waals surface area contributed by atoms with Gasteiger partial charge in [0, 0.05) is 10.6 Å². The average molecular weight is 311 g/mol. The molecule has 0 radical (unpaired) electrons. The Balaban J connectivity index is 2.01. The maximum absolute atomic E-state index is 11.9. The fraction of sp³-hybridized carbons (Fsp3) is 0.385. The van der Waals surface area contributed by atoms with Crippen LogP contribution in [0.2, 0.25) is 0 Å². The third-order valence-corrected chi connectivity index (χ3v) is 4.57. The fourth-order valence-electron chi connectivity index (χ4n) is 1.77. The van der Waals surface area contributed by atoms with Crippen molar-refractivity contribution < 1.29 is 9.59 Å². The van der Waals surface area contributed by atoms with Crippen LogP contribution in [0.5, 0.6) is 0 Å². The predicted molar refractivity (Wildman–Crippen MR) is 85.4 cm³/mol. The van der Waals surface area contributed by atoms with E-state index in [-0.39, 0.29) is 11.8 Å². The zero-order valence-electron chi connectivity index (χ0n) is 11.1. The first-order valence-corrected chi connectivity index (χ1v) is 8.60. The van der Waals surface area contributed by atoms with Gasteiger partial charge in [0.25, 0.3) is 0 Å². The van der Waals surface area contributed by atoms with Gasteiger partial charge < -0.3 is 16.4 Å². The average Bonchev–Trinajstić information content (AvgIpc) is 2.44. The lowest BCUT2D eigenvalue weighted by Crippen LogP contribution is -2.36. The van der Waals surface area contributed by atoms with Gasteiger partial charge in [-0.2, -0.15) is 11.8 Å². The molecule has 0 saturated carbocycles. The molecule has 2 rings (SSSR count). The second kappa shape index (κ2) is 7.01. The van der Waals surface area contributed by atoms with Gasteiger partial charge in [-0.3, -0.25) is 9.59 Å². The molecule has 5 nitrogen and oxygen atoms in total. The Morgan fingerprint density at radius 1 is 1.60 bits per heavy atom. The van der Waals surface area contributed by atoms with Gasteiger partial charge >= 0.3 is 0 Å². The summed E-state index contributed by atoms with van der Waals surface area (Å²) in [5.41, 5.74) is 7.20. The minimum absolute atomic E-state index is 0.0253. The molecule has 0 bridgehead atoms. The van der Waals surface area contributed by atoms with Crippen molar-refractivity contribution in [3.63, 3.8) is 0 Å². The van der Waals surface area contributed by atoms with Crippen LogP contribution >= 0.6 is 23.5 Å². The highest BCUT2D eigenvalue weighted by molar-refractivity contribution is 8.00. The van der Waals surface area contributed by atoms with Crippen molar-refractivity contribution in [1.29, 1.82) is 0 Å². The van der Waals surface area contributed by atoms with Crippen LogP contribution in [0, 0.1) is 0 Å². The van der Waals surface area contributed by atoms with Gasteiger partial charge in [-0.25, -0.2) is 0 Å². The Hall–Kier alpha value is -1.18. The second-order valence-corrected chi connectivity index (χ2v) is 6.43. The number of hydrogen-bond donors (Lipinski definition) is 3. The molecule has 7 heteroatoms. The molecule has 0 aliphatic carbocycles. The summed E-state index contributed by atoms with van der Waals surface area (Å²) in [7, 11) is 0. The highest BCUT2D eigenvalue weighted by Crippen LogP contribution is 2.33. The first-order valence-electron chi connectivity index (χ1n) is 6.22. The molecule has 108 valence electrons. The van der Waals surface area contributed by atoms with E-state index in [4.69, 9.17) is 5.73 Å². The van der Waals surface area contributed by atoms with Gasteiger partial charge in [0.05, 0.1) is 17.5 Å². The second-order valence-electron chi connectivity index (χ2n) is 4.43. The SMILES string of the molecule is CSCC[C@H](N)C(=O)Nc1ccc2c(c1)NC(=O)CS2. The smallest absolute Gasteiger partial charge is 0.241 e. The highest BCUT2D eigenvalue weighted by Gasteiger charge is 2.17. The van der Waals surface area contributed by atoms with E-state index in [0.717, 1.165) is 16.3 Å². The molecular weight excluding hydrogens is 294 g/mol. The maximum atomic E-state index is 11.9. The lowest BCUT2D eigenvalue weighted by atomic mass is 10.2. The van der Waals surface area contributed by atoms with Crippen LogP contribution in [0.4, 0.5) is 11.4 Å². The third kappa shape index (κ3) is 3.91. The molecule has 0 spiro atoms. The molecule has 4 N–H and O–H groups in total. The topological polar surface area (TPSA) is 84.2 Å². The van der Waals surface area contributed by atoms with Crippen LogP contribution in [-0.4, -0.2) is 35.6 Å². The summed E-state index contributed by atoms with van der Waals surface area (Å²) in [5, 5.41) is 5.57. The standard InChI is InChI=1S/C13H17N3O2S2/c1-19-5-4-9(14)13(18)15-8-2-3-11-10(6-8)16-12(17)7-20-11/h2-3,6,9H,4-5,7,14H2,1H3,(H,15,18)(H,16,17)/t9-/m0/s1. The molecule has 2 amide bonds. The third-order valence-electron chi connectivity index (χ3n) is 2.85. The van der Waals surface area contributed by atoms with Gasteiger partial charge in [0.2, 0.25) is 11.8 Å². The molecule has 0 saturated heterocycles. The Morgan fingerprint density at radius 3 is 3.15 bits per heavy atom. The summed E-state index contributed by atoms with van der Waals surface area (Å²) in [6.45, 7) is 0. The quantitative estimate of drug-likeness (QED) is 0.771. The number of amides is 2. The number of benzene rings is 1. The molecular formula is C13H17N3O2S2. The molecule has 1 aliphatic rings. The molecule has 1 aliphatic heterocycles. The van der Waals surface area contributed by atoms with Crippen LogP contribution in [-0.2, 0) is 9.59 Å². The Bertz CT molecular complexity index is 522. The largest absolute Gasteiger partial charge is 0.325 e. The summed E-state index contributed by atoms with van der Waals surface area (Å²) >= 11 is 3.15. The minimum atomic E-state index is -0.512. The molecule has 1 aromatic carbocycles. The zero-order chi connectivity index (χ0) is 14.5. The van der Waals surface area contributed by atoms with Crippen molar-refractivity contribution in [3.8, 4) is 0 Å². The normalized spacial score (nSPS) is 15.2. The Kier molecular flexibility index (Phi) is 5.33. The van der Waals surface area contributed by atoms with E-state index < -0.39 is 6.04 Å². The van der Waals surface area contributed by atoms with Gasteiger partial charge in [0.15, 0.2) is 0 Å². The van der Waals surface area contributed by atoms with Crippen molar-refractivity contribution >= 4 is 46.7 Å². The number of nitrogens with two attached hydrogens (primary N) is 1. The molecule has 20 heavy (non-hydrogen) atoms. The van der Waals surface area contributed by atoms with Crippen LogP contribution < -0.4 is 16.4 Å². The first-order chi connectivity index (χ1) is 9.60. The van der Waals surface area contributed by atoms with E-state index in [2.05, 4.69) is 10.6 Å².